The van der Waals surface area contributed by atoms with Crippen molar-refractivity contribution in [2.75, 3.05) is 6.54 Å². The molecule has 0 spiro atoms. The Morgan fingerprint density at radius 1 is 1.33 bits per heavy atom. The molecule has 1 aliphatic rings. The molecular weight excluding hydrogens is 232 g/mol. The number of halogens is 2. The largest absolute Gasteiger partial charge is 0.314 e. The molecule has 1 fully saturated rings. The van der Waals surface area contributed by atoms with Crippen LogP contribution in [0.5, 0.6) is 0 Å². The quantitative estimate of drug-likeness (QED) is 0.781. The molecule has 1 nitrogen and oxygen atoms in total. The summed E-state index contributed by atoms with van der Waals surface area (Å²) in [6.45, 7) is 3.15. The highest BCUT2D eigenvalue weighted by atomic mass is 19.1. The summed E-state index contributed by atoms with van der Waals surface area (Å²) in [5.74, 6) is 0.102. The van der Waals surface area contributed by atoms with Gasteiger partial charge in [0.05, 0.1) is 0 Å². The van der Waals surface area contributed by atoms with Crippen LogP contribution in [0.2, 0.25) is 0 Å². The molecule has 0 radical (unpaired) electrons. The lowest BCUT2D eigenvalue weighted by Crippen LogP contribution is -2.32. The third-order valence-electron chi connectivity index (χ3n) is 3.58. The standard InChI is InChI=1S/C15H21F2N/c1-2-9-18-15(11-3-4-11)8-5-12-10-13(16)6-7-14(12)17/h6-7,10-11,15,18H,2-5,8-9H2,1H3. The van der Waals surface area contributed by atoms with Crippen LogP contribution in [0.3, 0.4) is 0 Å². The maximum absolute atomic E-state index is 13.5. The molecule has 1 atom stereocenters. The van der Waals surface area contributed by atoms with E-state index in [1.807, 2.05) is 0 Å². The van der Waals surface area contributed by atoms with Crippen LogP contribution < -0.4 is 5.32 Å². The lowest BCUT2D eigenvalue weighted by molar-refractivity contribution is 0.432. The van der Waals surface area contributed by atoms with E-state index in [-0.39, 0.29) is 11.6 Å². The normalized spacial score (nSPS) is 16.8. The van der Waals surface area contributed by atoms with Crippen molar-refractivity contribution in [1.82, 2.24) is 5.32 Å². The van der Waals surface area contributed by atoms with Crippen molar-refractivity contribution in [3.63, 3.8) is 0 Å². The van der Waals surface area contributed by atoms with E-state index in [0.717, 1.165) is 25.3 Å². The average Bonchev–Trinajstić information content (AvgIpc) is 3.17. The molecule has 1 aliphatic carbocycles. The molecule has 1 unspecified atom stereocenters. The maximum atomic E-state index is 13.5. The van der Waals surface area contributed by atoms with E-state index in [4.69, 9.17) is 0 Å². The minimum atomic E-state index is -0.351. The smallest absolute Gasteiger partial charge is 0.126 e. The predicted octanol–water partition coefficient (Wildman–Crippen LogP) is 3.68. The van der Waals surface area contributed by atoms with Gasteiger partial charge in [-0.05, 0) is 68.3 Å². The highest BCUT2D eigenvalue weighted by Gasteiger charge is 2.30. The van der Waals surface area contributed by atoms with Gasteiger partial charge in [0.2, 0.25) is 0 Å². The predicted molar refractivity (Wildman–Crippen MR) is 69.5 cm³/mol. The van der Waals surface area contributed by atoms with E-state index < -0.39 is 0 Å². The molecule has 2 rings (SSSR count). The molecule has 0 aromatic heterocycles. The number of rotatable bonds is 7. The van der Waals surface area contributed by atoms with E-state index in [0.29, 0.717) is 18.0 Å². The second kappa shape index (κ2) is 6.28. The summed E-state index contributed by atoms with van der Waals surface area (Å²) in [5.41, 5.74) is 0.499. The Morgan fingerprint density at radius 3 is 2.78 bits per heavy atom. The van der Waals surface area contributed by atoms with Crippen molar-refractivity contribution in [2.24, 2.45) is 5.92 Å². The van der Waals surface area contributed by atoms with Gasteiger partial charge in [0.15, 0.2) is 0 Å². The number of hydrogen-bond donors (Lipinski definition) is 1. The first-order chi connectivity index (χ1) is 8.70. The monoisotopic (exact) mass is 253 g/mol. The third kappa shape index (κ3) is 3.77. The lowest BCUT2D eigenvalue weighted by Gasteiger charge is -2.18. The summed E-state index contributed by atoms with van der Waals surface area (Å²) in [6, 6.07) is 4.18. The van der Waals surface area contributed by atoms with Crippen molar-refractivity contribution in [3.05, 3.63) is 35.4 Å². The second-order valence-corrected chi connectivity index (χ2v) is 5.17. The number of aryl methyl sites for hydroxylation is 1. The van der Waals surface area contributed by atoms with Gasteiger partial charge in [-0.1, -0.05) is 6.92 Å². The van der Waals surface area contributed by atoms with Crippen LogP contribution >= 0.6 is 0 Å². The van der Waals surface area contributed by atoms with Gasteiger partial charge in [-0.2, -0.15) is 0 Å². The van der Waals surface area contributed by atoms with Crippen molar-refractivity contribution >= 4 is 0 Å². The summed E-state index contributed by atoms with van der Waals surface area (Å²) in [4.78, 5) is 0. The first kappa shape index (κ1) is 13.5. The Balaban J connectivity index is 1.89. The Morgan fingerprint density at radius 2 is 2.11 bits per heavy atom. The molecule has 100 valence electrons. The van der Waals surface area contributed by atoms with Gasteiger partial charge < -0.3 is 5.32 Å². The lowest BCUT2D eigenvalue weighted by atomic mass is 10.0. The maximum Gasteiger partial charge on any atom is 0.126 e. The molecule has 0 aliphatic heterocycles. The molecule has 1 aromatic rings. The van der Waals surface area contributed by atoms with Crippen LogP contribution in [0.1, 0.15) is 38.2 Å². The number of benzene rings is 1. The van der Waals surface area contributed by atoms with Crippen molar-refractivity contribution in [2.45, 2.75) is 45.1 Å². The molecule has 0 heterocycles. The highest BCUT2D eigenvalue weighted by molar-refractivity contribution is 5.19. The Kier molecular flexibility index (Phi) is 4.70. The first-order valence-electron chi connectivity index (χ1n) is 6.88. The van der Waals surface area contributed by atoms with Crippen LogP contribution in [0, 0.1) is 17.6 Å². The average molecular weight is 253 g/mol. The molecule has 0 bridgehead atoms. The molecule has 1 aromatic carbocycles. The van der Waals surface area contributed by atoms with E-state index in [2.05, 4.69) is 12.2 Å². The molecule has 0 saturated heterocycles. The Hall–Kier alpha value is -0.960. The van der Waals surface area contributed by atoms with Crippen molar-refractivity contribution in [1.29, 1.82) is 0 Å². The van der Waals surface area contributed by atoms with Gasteiger partial charge in [0.25, 0.3) is 0 Å². The zero-order chi connectivity index (χ0) is 13.0. The zero-order valence-electron chi connectivity index (χ0n) is 10.9. The SMILES string of the molecule is CCCNC(CCc1cc(F)ccc1F)C1CC1. The molecule has 3 heteroatoms. The van der Waals surface area contributed by atoms with Gasteiger partial charge >= 0.3 is 0 Å². The minimum absolute atomic E-state index is 0.290. The van der Waals surface area contributed by atoms with E-state index >= 15 is 0 Å². The number of nitrogens with one attached hydrogen (secondary N) is 1. The second-order valence-electron chi connectivity index (χ2n) is 5.17. The first-order valence-corrected chi connectivity index (χ1v) is 6.88. The summed E-state index contributed by atoms with van der Waals surface area (Å²) >= 11 is 0. The molecule has 18 heavy (non-hydrogen) atoms. The fourth-order valence-electron chi connectivity index (χ4n) is 2.38. The number of hydrogen-bond acceptors (Lipinski definition) is 1. The van der Waals surface area contributed by atoms with E-state index in [1.165, 1.54) is 31.0 Å². The van der Waals surface area contributed by atoms with Crippen molar-refractivity contribution < 1.29 is 8.78 Å². The van der Waals surface area contributed by atoms with Crippen LogP contribution in [0.15, 0.2) is 18.2 Å². The third-order valence-corrected chi connectivity index (χ3v) is 3.58. The van der Waals surface area contributed by atoms with E-state index in [9.17, 15) is 8.78 Å². The van der Waals surface area contributed by atoms with Gasteiger partial charge in [0.1, 0.15) is 11.6 Å². The van der Waals surface area contributed by atoms with Crippen LogP contribution in [0.25, 0.3) is 0 Å². The summed E-state index contributed by atoms with van der Waals surface area (Å²) in [7, 11) is 0. The topological polar surface area (TPSA) is 12.0 Å². The highest BCUT2D eigenvalue weighted by Crippen LogP contribution is 2.34. The Labute approximate surface area is 108 Å². The van der Waals surface area contributed by atoms with Crippen LogP contribution in [-0.2, 0) is 6.42 Å². The zero-order valence-corrected chi connectivity index (χ0v) is 10.9. The van der Waals surface area contributed by atoms with Gasteiger partial charge in [-0.15, -0.1) is 0 Å². The van der Waals surface area contributed by atoms with Crippen LogP contribution in [-0.4, -0.2) is 12.6 Å². The van der Waals surface area contributed by atoms with Gasteiger partial charge in [-0.25, -0.2) is 8.78 Å². The summed E-state index contributed by atoms with van der Waals surface area (Å²) in [6.07, 6.45) is 5.16. The fraction of sp³-hybridized carbons (Fsp3) is 0.600. The van der Waals surface area contributed by atoms with Crippen molar-refractivity contribution in [3.8, 4) is 0 Å². The minimum Gasteiger partial charge on any atom is -0.314 e. The summed E-state index contributed by atoms with van der Waals surface area (Å²) < 4.78 is 26.6. The Bertz CT molecular complexity index is 388. The fourth-order valence-corrected chi connectivity index (χ4v) is 2.38. The molecular formula is C15H21F2N. The van der Waals surface area contributed by atoms with Crippen LogP contribution in [0.4, 0.5) is 8.78 Å². The summed E-state index contributed by atoms with van der Waals surface area (Å²) in [5, 5.41) is 3.52. The van der Waals surface area contributed by atoms with Gasteiger partial charge in [0, 0.05) is 6.04 Å². The van der Waals surface area contributed by atoms with Gasteiger partial charge in [-0.3, -0.25) is 0 Å². The van der Waals surface area contributed by atoms with E-state index in [1.54, 1.807) is 0 Å². The molecule has 1 N–H and O–H groups in total. The molecule has 1 saturated carbocycles. The molecule has 0 amide bonds.